The van der Waals surface area contributed by atoms with Crippen LogP contribution >= 0.6 is 0 Å². The monoisotopic (exact) mass is 598 g/mol. The van der Waals surface area contributed by atoms with E-state index in [0.717, 1.165) is 68.6 Å². The SMILES string of the molecule is CC1=CC(NC(=O)NC2=CCC(OC3CCNC(c4cc(C(O)NCCCC(O)N5CCCC5)c[nH]4)C3)C=C2)=C(F)CC1. The van der Waals surface area contributed by atoms with Gasteiger partial charge < -0.3 is 35.9 Å². The zero-order valence-corrected chi connectivity index (χ0v) is 25.1. The van der Waals surface area contributed by atoms with Gasteiger partial charge >= 0.3 is 6.03 Å². The van der Waals surface area contributed by atoms with Crippen molar-refractivity contribution in [1.82, 2.24) is 31.2 Å². The maximum Gasteiger partial charge on any atom is 0.323 e. The molecule has 0 saturated carbocycles. The van der Waals surface area contributed by atoms with Crippen LogP contribution in [0.3, 0.4) is 0 Å². The number of aromatic nitrogens is 1. The summed E-state index contributed by atoms with van der Waals surface area (Å²) in [5, 5.41) is 33.0. The molecule has 4 aliphatic rings. The summed E-state index contributed by atoms with van der Waals surface area (Å²) in [5.41, 5.74) is 3.73. The highest BCUT2D eigenvalue weighted by molar-refractivity contribution is 5.79. The van der Waals surface area contributed by atoms with E-state index in [4.69, 9.17) is 4.74 Å². The summed E-state index contributed by atoms with van der Waals surface area (Å²) in [6.07, 6.45) is 15.2. The lowest BCUT2D eigenvalue weighted by Gasteiger charge is -2.32. The van der Waals surface area contributed by atoms with Gasteiger partial charge in [0.2, 0.25) is 0 Å². The topological polar surface area (TPSA) is 134 Å². The van der Waals surface area contributed by atoms with Crippen LogP contribution in [0, 0.1) is 0 Å². The van der Waals surface area contributed by atoms with Crippen molar-refractivity contribution < 1.29 is 24.1 Å². The molecule has 0 spiro atoms. The van der Waals surface area contributed by atoms with E-state index in [1.807, 2.05) is 37.4 Å². The molecule has 2 amide bonds. The lowest BCUT2D eigenvalue weighted by Crippen LogP contribution is -2.38. The molecule has 5 atom stereocenters. The van der Waals surface area contributed by atoms with Gasteiger partial charge in [0.25, 0.3) is 0 Å². The van der Waals surface area contributed by atoms with Crippen LogP contribution in [-0.4, -0.2) is 70.7 Å². The minimum atomic E-state index is -0.771. The lowest BCUT2D eigenvalue weighted by molar-refractivity contribution is -0.0117. The average Bonchev–Trinajstić information content (AvgIpc) is 3.72. The maximum absolute atomic E-state index is 14.0. The molecule has 0 radical (unpaired) electrons. The van der Waals surface area contributed by atoms with Crippen LogP contribution in [0.2, 0.25) is 0 Å². The number of rotatable bonds is 12. The van der Waals surface area contributed by atoms with Crippen molar-refractivity contribution in [1.29, 1.82) is 0 Å². The molecule has 5 rings (SSSR count). The first kappa shape index (κ1) is 31.6. The molecule has 2 aliphatic carbocycles. The smallest absolute Gasteiger partial charge is 0.323 e. The van der Waals surface area contributed by atoms with E-state index < -0.39 is 18.5 Å². The molecule has 11 heteroatoms. The van der Waals surface area contributed by atoms with Crippen molar-refractivity contribution >= 4 is 6.03 Å². The molecule has 1 aromatic heterocycles. The number of carbonyl (C=O) groups excluding carboxylic acids is 1. The van der Waals surface area contributed by atoms with Crippen molar-refractivity contribution in [3.63, 3.8) is 0 Å². The van der Waals surface area contributed by atoms with Gasteiger partial charge in [-0.05, 0) is 89.6 Å². The number of halogens is 1. The summed E-state index contributed by atoms with van der Waals surface area (Å²) in [4.78, 5) is 17.8. The minimum Gasteiger partial charge on any atom is -0.378 e. The molecule has 1 aromatic rings. The fourth-order valence-corrected chi connectivity index (χ4v) is 6.16. The maximum atomic E-state index is 14.0. The summed E-state index contributed by atoms with van der Waals surface area (Å²) >= 11 is 0. The Morgan fingerprint density at radius 2 is 2.07 bits per heavy atom. The van der Waals surface area contributed by atoms with E-state index in [-0.39, 0.29) is 29.8 Å². The van der Waals surface area contributed by atoms with Crippen LogP contribution < -0.4 is 21.3 Å². The Morgan fingerprint density at radius 3 is 2.86 bits per heavy atom. The first-order valence-electron chi connectivity index (χ1n) is 15.8. The number of aromatic amines is 1. The van der Waals surface area contributed by atoms with Crippen LogP contribution in [0.25, 0.3) is 0 Å². The van der Waals surface area contributed by atoms with Crippen molar-refractivity contribution in [2.75, 3.05) is 26.2 Å². The van der Waals surface area contributed by atoms with Crippen LogP contribution in [0.1, 0.15) is 88.2 Å². The van der Waals surface area contributed by atoms with Crippen LogP contribution in [0.5, 0.6) is 0 Å². The fraction of sp³-hybridized carbons (Fsp3) is 0.594. The van der Waals surface area contributed by atoms with Gasteiger partial charge in [-0.25, -0.2) is 9.18 Å². The standard InChI is InChI=1S/C32H47FN6O4/c1-21-6-11-26(33)27(17-21)38-32(42)37-23-7-9-24(10-8-23)43-25-12-14-34-29(19-25)28-18-22(20-36-28)31(41)35-13-4-5-30(40)39-15-2-3-16-39/h7-9,17-18,20,24-25,29-31,34-36,40-41H,2-6,10-16,19H2,1H3,(H2,37,38,42). The summed E-state index contributed by atoms with van der Waals surface area (Å²) in [6.45, 7) is 5.32. The Kier molecular flexibility index (Phi) is 11.2. The summed E-state index contributed by atoms with van der Waals surface area (Å²) in [6, 6.07) is 1.62. The largest absolute Gasteiger partial charge is 0.378 e. The zero-order chi connectivity index (χ0) is 30.2. The summed E-state index contributed by atoms with van der Waals surface area (Å²) in [7, 11) is 0. The van der Waals surface area contributed by atoms with Crippen LogP contribution in [0.15, 0.2) is 59.4 Å². The Morgan fingerprint density at radius 1 is 1.23 bits per heavy atom. The highest BCUT2D eigenvalue weighted by Crippen LogP contribution is 2.28. The number of nitrogens with one attached hydrogen (secondary N) is 5. The number of nitrogens with zero attached hydrogens (tertiary/aromatic N) is 1. The molecule has 7 N–H and O–H groups in total. The van der Waals surface area contributed by atoms with Gasteiger partial charge in [0.15, 0.2) is 0 Å². The number of amides is 2. The summed E-state index contributed by atoms with van der Waals surface area (Å²) in [5.74, 6) is -0.300. The molecule has 43 heavy (non-hydrogen) atoms. The molecule has 0 bridgehead atoms. The van der Waals surface area contributed by atoms with E-state index in [1.165, 1.54) is 0 Å². The first-order valence-corrected chi connectivity index (χ1v) is 15.8. The number of urea groups is 1. The third-order valence-corrected chi connectivity index (χ3v) is 8.67. The average molecular weight is 599 g/mol. The highest BCUT2D eigenvalue weighted by atomic mass is 19.1. The normalized spacial score (nSPS) is 26.2. The number of aliphatic hydroxyl groups is 2. The van der Waals surface area contributed by atoms with Gasteiger partial charge in [0.1, 0.15) is 18.3 Å². The van der Waals surface area contributed by atoms with E-state index in [2.05, 4.69) is 31.2 Å². The summed E-state index contributed by atoms with van der Waals surface area (Å²) < 4.78 is 20.4. The van der Waals surface area contributed by atoms with Crippen LogP contribution in [0.4, 0.5) is 9.18 Å². The van der Waals surface area contributed by atoms with Crippen molar-refractivity contribution in [2.45, 2.75) is 95.4 Å². The minimum absolute atomic E-state index is 0.0696. The number of carbonyl (C=O) groups is 1. The number of allylic oxidation sites excluding steroid dienone is 4. The predicted octanol–water partition coefficient (Wildman–Crippen LogP) is 4.03. The molecule has 2 aliphatic heterocycles. The van der Waals surface area contributed by atoms with Crippen molar-refractivity contribution in [3.8, 4) is 0 Å². The van der Waals surface area contributed by atoms with E-state index in [9.17, 15) is 19.4 Å². The van der Waals surface area contributed by atoms with E-state index >= 15 is 0 Å². The molecule has 2 fully saturated rings. The molecule has 2 saturated heterocycles. The molecular weight excluding hydrogens is 551 g/mol. The highest BCUT2D eigenvalue weighted by Gasteiger charge is 2.27. The second-order valence-electron chi connectivity index (χ2n) is 12.1. The molecular formula is C32H47FN6O4. The Hall–Kier alpha value is -2.80. The number of hydrogen-bond acceptors (Lipinski definition) is 7. The third kappa shape index (κ3) is 9.10. The number of ether oxygens (including phenoxy) is 1. The van der Waals surface area contributed by atoms with E-state index in [1.54, 1.807) is 6.08 Å². The Bertz CT molecular complexity index is 1220. The Labute approximate surface area is 253 Å². The van der Waals surface area contributed by atoms with Gasteiger partial charge in [-0.2, -0.15) is 0 Å². The zero-order valence-electron chi connectivity index (χ0n) is 25.1. The molecule has 10 nitrogen and oxygen atoms in total. The van der Waals surface area contributed by atoms with Crippen molar-refractivity contribution in [2.24, 2.45) is 0 Å². The quantitative estimate of drug-likeness (QED) is 0.143. The number of H-pyrrole nitrogens is 1. The number of hydrogen-bond donors (Lipinski definition) is 7. The molecule has 5 unspecified atom stereocenters. The van der Waals surface area contributed by atoms with Gasteiger partial charge in [0.05, 0.1) is 17.9 Å². The molecule has 3 heterocycles. The second-order valence-corrected chi connectivity index (χ2v) is 12.1. The van der Waals surface area contributed by atoms with E-state index in [0.29, 0.717) is 37.9 Å². The first-order chi connectivity index (χ1) is 20.8. The lowest BCUT2D eigenvalue weighted by atomic mass is 9.98. The van der Waals surface area contributed by atoms with Gasteiger partial charge in [0, 0.05) is 48.7 Å². The van der Waals surface area contributed by atoms with Gasteiger partial charge in [-0.1, -0.05) is 17.7 Å². The third-order valence-electron chi connectivity index (χ3n) is 8.67. The Balaban J connectivity index is 1.02. The fourth-order valence-electron chi connectivity index (χ4n) is 6.16. The van der Waals surface area contributed by atoms with Crippen LogP contribution in [-0.2, 0) is 4.74 Å². The van der Waals surface area contributed by atoms with Gasteiger partial charge in [-0.3, -0.25) is 10.2 Å². The molecule has 236 valence electrons. The number of aliphatic hydroxyl groups excluding tert-OH is 2. The predicted molar refractivity (Wildman–Crippen MR) is 163 cm³/mol. The van der Waals surface area contributed by atoms with Gasteiger partial charge in [-0.15, -0.1) is 0 Å². The number of likely N-dealkylation sites (tertiary alicyclic amines) is 1. The second kappa shape index (κ2) is 15.3. The number of piperidine rings is 1. The molecule has 0 aromatic carbocycles. The van der Waals surface area contributed by atoms with Crippen molar-refractivity contribution in [3.05, 3.63) is 70.6 Å².